The summed E-state index contributed by atoms with van der Waals surface area (Å²) in [5, 5.41) is 11.4. The zero-order valence-corrected chi connectivity index (χ0v) is 25.1. The monoisotopic (exact) mass is 496 g/mol. The fraction of sp³-hybridized carbons (Fsp3) is 0.760. The molecule has 0 saturated heterocycles. The molecule has 1 aromatic carbocycles. The minimum atomic E-state index is -2.14. The van der Waals surface area contributed by atoms with Gasteiger partial charge in [0.15, 0.2) is 16.6 Å². The van der Waals surface area contributed by atoms with Gasteiger partial charge in [-0.1, -0.05) is 55.4 Å². The summed E-state index contributed by atoms with van der Waals surface area (Å²) in [7, 11) is -4.10. The van der Waals surface area contributed by atoms with Crippen molar-refractivity contribution in [3.63, 3.8) is 0 Å². The van der Waals surface area contributed by atoms with Crippen LogP contribution in [0.2, 0.25) is 36.3 Å². The molecule has 1 aromatic rings. The summed E-state index contributed by atoms with van der Waals surface area (Å²) in [5.74, 6) is 0. The Kier molecular flexibility index (Phi) is 10.1. The maximum absolute atomic E-state index is 11.2. The fourth-order valence-corrected chi connectivity index (χ4v) is 5.54. The Labute approximate surface area is 204 Å². The van der Waals surface area contributed by atoms with Crippen LogP contribution < -0.4 is 0 Å². The topological polar surface area (TPSA) is 64.8 Å². The SMILES string of the molecule is CCN(CC)[C@H](CO[Si](C)(C)C(C)(C)C)[C@@H](O[Si](C)(C)C(C)(C)C)c1ccc([N+](=O)[O-])cc1. The van der Waals surface area contributed by atoms with E-state index in [4.69, 9.17) is 8.85 Å². The third-order valence-corrected chi connectivity index (χ3v) is 16.7. The van der Waals surface area contributed by atoms with Crippen LogP contribution in [0.4, 0.5) is 5.69 Å². The minimum Gasteiger partial charge on any atom is -0.415 e. The number of non-ortho nitro benzene ring substituents is 1. The molecule has 0 bridgehead atoms. The van der Waals surface area contributed by atoms with E-state index >= 15 is 0 Å². The number of rotatable bonds is 11. The van der Waals surface area contributed by atoms with E-state index in [2.05, 4.69) is 86.5 Å². The minimum absolute atomic E-state index is 0.0182. The molecule has 2 atom stereocenters. The molecule has 0 heterocycles. The van der Waals surface area contributed by atoms with Crippen LogP contribution in [0.1, 0.15) is 67.1 Å². The van der Waals surface area contributed by atoms with Gasteiger partial charge >= 0.3 is 0 Å². The van der Waals surface area contributed by atoms with Gasteiger partial charge in [0.2, 0.25) is 0 Å². The summed E-state index contributed by atoms with van der Waals surface area (Å²) in [6, 6.07) is 6.92. The lowest BCUT2D eigenvalue weighted by Gasteiger charge is -2.45. The molecule has 0 fully saturated rings. The van der Waals surface area contributed by atoms with E-state index in [1.807, 2.05) is 12.1 Å². The Morgan fingerprint density at radius 2 is 1.36 bits per heavy atom. The molecular formula is C25H48N2O4Si2. The predicted octanol–water partition coefficient (Wildman–Crippen LogP) is 7.39. The summed E-state index contributed by atoms with van der Waals surface area (Å²) in [4.78, 5) is 13.3. The van der Waals surface area contributed by atoms with Crippen molar-refractivity contribution < 1.29 is 13.8 Å². The van der Waals surface area contributed by atoms with E-state index < -0.39 is 16.6 Å². The van der Waals surface area contributed by atoms with E-state index in [-0.39, 0.29) is 32.8 Å². The average molecular weight is 497 g/mol. The zero-order chi connectivity index (χ0) is 25.8. The second kappa shape index (κ2) is 11.1. The summed E-state index contributed by atoms with van der Waals surface area (Å²) in [6.07, 6.45) is -0.226. The summed E-state index contributed by atoms with van der Waals surface area (Å²) < 4.78 is 13.8. The van der Waals surface area contributed by atoms with Crippen molar-refractivity contribution in [3.8, 4) is 0 Å². The van der Waals surface area contributed by atoms with Crippen LogP contribution in [0.3, 0.4) is 0 Å². The number of benzene rings is 1. The quantitative estimate of drug-likeness (QED) is 0.181. The first-order valence-electron chi connectivity index (χ1n) is 12.2. The molecule has 190 valence electrons. The molecule has 0 aliphatic rings. The van der Waals surface area contributed by atoms with Crippen molar-refractivity contribution in [2.24, 2.45) is 0 Å². The van der Waals surface area contributed by atoms with Crippen LogP contribution in [-0.2, 0) is 8.85 Å². The molecule has 33 heavy (non-hydrogen) atoms. The van der Waals surface area contributed by atoms with Gasteiger partial charge in [-0.05, 0) is 67.1 Å². The second-order valence-electron chi connectivity index (χ2n) is 12.0. The van der Waals surface area contributed by atoms with Gasteiger partial charge in [0.1, 0.15) is 0 Å². The zero-order valence-electron chi connectivity index (χ0n) is 23.1. The van der Waals surface area contributed by atoms with Crippen molar-refractivity contribution in [2.45, 2.75) is 104 Å². The molecule has 0 aromatic heterocycles. The number of nitrogens with zero attached hydrogens (tertiary/aromatic N) is 2. The van der Waals surface area contributed by atoms with E-state index in [1.54, 1.807) is 12.1 Å². The maximum atomic E-state index is 11.2. The van der Waals surface area contributed by atoms with Crippen LogP contribution in [0.5, 0.6) is 0 Å². The van der Waals surface area contributed by atoms with Crippen LogP contribution in [-0.4, -0.2) is 52.2 Å². The smallest absolute Gasteiger partial charge is 0.269 e. The van der Waals surface area contributed by atoms with Crippen molar-refractivity contribution in [3.05, 3.63) is 39.9 Å². The maximum Gasteiger partial charge on any atom is 0.269 e. The lowest BCUT2D eigenvalue weighted by Crippen LogP contribution is -2.52. The molecule has 0 N–H and O–H groups in total. The summed E-state index contributed by atoms with van der Waals surface area (Å²) in [5.41, 5.74) is 1.07. The van der Waals surface area contributed by atoms with E-state index in [1.165, 1.54) is 0 Å². The second-order valence-corrected chi connectivity index (χ2v) is 21.6. The molecule has 8 heteroatoms. The molecule has 0 saturated carbocycles. The first kappa shape index (κ1) is 30.0. The standard InChI is InChI=1S/C25H48N2O4Si2/c1-13-26(14-2)22(19-30-32(9,10)24(3,4)5)23(31-33(11,12)25(6,7)8)20-15-17-21(18-16-20)27(28)29/h15-18,22-23H,13-14,19H2,1-12H3/t22-,23+/m1/s1. The predicted molar refractivity (Wildman–Crippen MR) is 144 cm³/mol. The molecule has 0 spiro atoms. The Bertz CT molecular complexity index is 764. The van der Waals surface area contributed by atoms with Gasteiger partial charge < -0.3 is 8.85 Å². The first-order valence-corrected chi connectivity index (χ1v) is 18.0. The first-order chi connectivity index (χ1) is 14.9. The highest BCUT2D eigenvalue weighted by Crippen LogP contribution is 2.42. The lowest BCUT2D eigenvalue weighted by atomic mass is 10.0. The Morgan fingerprint density at radius 3 is 1.73 bits per heavy atom. The third kappa shape index (κ3) is 7.72. The summed E-state index contributed by atoms with van der Waals surface area (Å²) >= 11 is 0. The highest BCUT2D eigenvalue weighted by Gasteiger charge is 2.44. The van der Waals surface area contributed by atoms with Crippen molar-refractivity contribution >= 4 is 22.3 Å². The number of likely N-dealkylation sites (N-methyl/N-ethyl adjacent to an activating group) is 1. The van der Waals surface area contributed by atoms with Crippen LogP contribution in [0.15, 0.2) is 24.3 Å². The van der Waals surface area contributed by atoms with Gasteiger partial charge in [0.25, 0.3) is 5.69 Å². The van der Waals surface area contributed by atoms with Gasteiger partial charge in [-0.3, -0.25) is 15.0 Å². The molecule has 1 rings (SSSR count). The molecule has 6 nitrogen and oxygen atoms in total. The van der Waals surface area contributed by atoms with Crippen LogP contribution >= 0.6 is 0 Å². The molecule has 0 radical (unpaired) electrons. The lowest BCUT2D eigenvalue weighted by molar-refractivity contribution is -0.384. The van der Waals surface area contributed by atoms with Crippen molar-refractivity contribution in [2.75, 3.05) is 19.7 Å². The highest BCUT2D eigenvalue weighted by molar-refractivity contribution is 6.74. The molecular weight excluding hydrogens is 448 g/mol. The normalized spacial score (nSPS) is 15.5. The molecule has 0 amide bonds. The van der Waals surface area contributed by atoms with Crippen LogP contribution in [0, 0.1) is 10.1 Å². The van der Waals surface area contributed by atoms with E-state index in [0.717, 1.165) is 18.7 Å². The Hall–Kier alpha value is -1.07. The number of hydrogen-bond acceptors (Lipinski definition) is 5. The van der Waals surface area contributed by atoms with E-state index in [0.29, 0.717) is 6.61 Å². The largest absolute Gasteiger partial charge is 0.415 e. The van der Waals surface area contributed by atoms with Gasteiger partial charge in [0, 0.05) is 12.1 Å². The number of nitro groups is 1. The van der Waals surface area contributed by atoms with E-state index in [9.17, 15) is 10.1 Å². The van der Waals surface area contributed by atoms with Crippen molar-refractivity contribution in [1.82, 2.24) is 4.90 Å². The number of hydrogen-bond donors (Lipinski definition) is 0. The van der Waals surface area contributed by atoms with Crippen LogP contribution in [0.25, 0.3) is 0 Å². The molecule has 0 aliphatic carbocycles. The van der Waals surface area contributed by atoms with Gasteiger partial charge in [-0.15, -0.1) is 0 Å². The van der Waals surface area contributed by atoms with Gasteiger partial charge in [0.05, 0.1) is 23.7 Å². The number of nitro benzene ring substituents is 1. The Morgan fingerprint density at radius 1 is 0.909 bits per heavy atom. The van der Waals surface area contributed by atoms with Gasteiger partial charge in [-0.2, -0.15) is 0 Å². The molecule has 0 aliphatic heterocycles. The third-order valence-electron chi connectivity index (χ3n) is 7.71. The Balaban J connectivity index is 3.52. The summed E-state index contributed by atoms with van der Waals surface area (Å²) in [6.45, 7) is 29.3. The average Bonchev–Trinajstić information content (AvgIpc) is 2.68. The fourth-order valence-electron chi connectivity index (χ4n) is 3.24. The highest BCUT2D eigenvalue weighted by atomic mass is 28.4. The van der Waals surface area contributed by atoms with Gasteiger partial charge in [-0.25, -0.2) is 0 Å². The van der Waals surface area contributed by atoms with Crippen molar-refractivity contribution in [1.29, 1.82) is 0 Å². The molecule has 0 unspecified atom stereocenters.